The molecule has 6 nitrogen and oxygen atoms in total. The molecule has 0 radical (unpaired) electrons. The van der Waals surface area contributed by atoms with Crippen LogP contribution in [-0.4, -0.2) is 30.1 Å². The smallest absolute Gasteiger partial charge is 0.226 e. The Kier molecular flexibility index (Phi) is 4.70. The molecule has 0 N–H and O–H groups in total. The van der Waals surface area contributed by atoms with Crippen molar-refractivity contribution in [2.75, 3.05) is 0 Å². The molecule has 0 aromatic carbocycles. The quantitative estimate of drug-likeness (QED) is 0.685. The standard InChI is InChI=1S/C23H27N5O/c1-26-11-9-20-21(26)16-27(23(29)18-7-3-2-4-8-18)14-19-15-28(25-22(19)20)13-17-6-5-10-24-12-17/h5-6,9-12,15,18H,2-4,7-8,13-14,16H2,1H3. The molecule has 0 saturated heterocycles. The van der Waals surface area contributed by atoms with Crippen molar-refractivity contribution in [1.82, 2.24) is 24.2 Å². The zero-order chi connectivity index (χ0) is 19.8. The summed E-state index contributed by atoms with van der Waals surface area (Å²) in [5.74, 6) is 0.490. The van der Waals surface area contributed by atoms with Crippen LogP contribution in [0.2, 0.25) is 0 Å². The molecule has 1 fully saturated rings. The lowest BCUT2D eigenvalue weighted by Gasteiger charge is -2.28. The molecule has 2 aliphatic rings. The summed E-state index contributed by atoms with van der Waals surface area (Å²) in [6, 6.07) is 6.14. The molecule has 4 heterocycles. The van der Waals surface area contributed by atoms with E-state index in [9.17, 15) is 4.79 Å². The van der Waals surface area contributed by atoms with Crippen molar-refractivity contribution in [1.29, 1.82) is 0 Å². The number of hydrogen-bond acceptors (Lipinski definition) is 3. The van der Waals surface area contributed by atoms with Gasteiger partial charge >= 0.3 is 0 Å². The first kappa shape index (κ1) is 18.2. The molecule has 6 heteroatoms. The van der Waals surface area contributed by atoms with E-state index in [1.807, 2.05) is 16.9 Å². The predicted molar refractivity (Wildman–Crippen MR) is 111 cm³/mol. The Balaban J connectivity index is 1.48. The van der Waals surface area contributed by atoms with E-state index < -0.39 is 0 Å². The lowest BCUT2D eigenvalue weighted by atomic mass is 9.88. The highest BCUT2D eigenvalue weighted by atomic mass is 16.2. The molecular weight excluding hydrogens is 362 g/mol. The number of pyridine rings is 1. The third-order valence-electron chi connectivity index (χ3n) is 6.33. The van der Waals surface area contributed by atoms with Crippen molar-refractivity contribution >= 4 is 5.91 Å². The molecule has 29 heavy (non-hydrogen) atoms. The van der Waals surface area contributed by atoms with Gasteiger partial charge in [-0.2, -0.15) is 5.10 Å². The number of hydrogen-bond donors (Lipinski definition) is 0. The van der Waals surface area contributed by atoms with E-state index in [1.165, 1.54) is 25.0 Å². The van der Waals surface area contributed by atoms with Crippen LogP contribution < -0.4 is 0 Å². The van der Waals surface area contributed by atoms with Gasteiger partial charge in [0, 0.05) is 61.1 Å². The number of fused-ring (bicyclic) bond motifs is 3. The maximum Gasteiger partial charge on any atom is 0.226 e. The second-order valence-corrected chi connectivity index (χ2v) is 8.38. The van der Waals surface area contributed by atoms with Crippen molar-refractivity contribution in [3.63, 3.8) is 0 Å². The van der Waals surface area contributed by atoms with Gasteiger partial charge in [0.05, 0.1) is 18.8 Å². The molecule has 1 amide bonds. The molecule has 1 saturated carbocycles. The summed E-state index contributed by atoms with van der Waals surface area (Å²) in [4.78, 5) is 19.6. The monoisotopic (exact) mass is 389 g/mol. The predicted octanol–water partition coefficient (Wildman–Crippen LogP) is 3.75. The first-order valence-electron chi connectivity index (χ1n) is 10.6. The van der Waals surface area contributed by atoms with Crippen LogP contribution in [0.15, 0.2) is 43.0 Å². The molecule has 1 aliphatic carbocycles. The molecular formula is C23H27N5O. The second kappa shape index (κ2) is 7.50. The fourth-order valence-corrected chi connectivity index (χ4v) is 4.75. The second-order valence-electron chi connectivity index (χ2n) is 8.38. The molecule has 0 bridgehead atoms. The number of aryl methyl sites for hydroxylation is 1. The van der Waals surface area contributed by atoms with Crippen molar-refractivity contribution in [2.45, 2.75) is 51.7 Å². The van der Waals surface area contributed by atoms with Gasteiger partial charge in [-0.15, -0.1) is 0 Å². The van der Waals surface area contributed by atoms with Crippen LogP contribution in [0.3, 0.4) is 0 Å². The molecule has 0 spiro atoms. The molecule has 150 valence electrons. The number of amides is 1. The van der Waals surface area contributed by atoms with E-state index in [4.69, 9.17) is 5.10 Å². The Morgan fingerprint density at radius 1 is 1.17 bits per heavy atom. The van der Waals surface area contributed by atoms with Gasteiger partial charge in [-0.3, -0.25) is 14.5 Å². The number of rotatable bonds is 3. The SMILES string of the molecule is Cn1ccc2c1CN(C(=O)C1CCCCC1)Cc1cn(Cc3cccnc3)nc1-2. The third kappa shape index (κ3) is 3.48. The van der Waals surface area contributed by atoms with Gasteiger partial charge in [-0.1, -0.05) is 25.3 Å². The van der Waals surface area contributed by atoms with Gasteiger partial charge in [0.2, 0.25) is 5.91 Å². The van der Waals surface area contributed by atoms with Gasteiger partial charge < -0.3 is 9.47 Å². The maximum atomic E-state index is 13.3. The highest BCUT2D eigenvalue weighted by Gasteiger charge is 2.31. The number of carbonyl (C=O) groups is 1. The van der Waals surface area contributed by atoms with E-state index in [0.717, 1.165) is 35.2 Å². The fourth-order valence-electron chi connectivity index (χ4n) is 4.75. The molecule has 0 atom stereocenters. The molecule has 5 rings (SSSR count). The van der Waals surface area contributed by atoms with Crippen molar-refractivity contribution in [2.24, 2.45) is 13.0 Å². The van der Waals surface area contributed by atoms with Gasteiger partial charge in [0.25, 0.3) is 0 Å². The van der Waals surface area contributed by atoms with E-state index in [-0.39, 0.29) is 5.92 Å². The lowest BCUT2D eigenvalue weighted by Crippen LogP contribution is -2.36. The first-order valence-corrected chi connectivity index (χ1v) is 10.6. The van der Waals surface area contributed by atoms with Crippen LogP contribution in [0, 0.1) is 5.92 Å². The Morgan fingerprint density at radius 2 is 2.03 bits per heavy atom. The van der Waals surface area contributed by atoms with Crippen molar-refractivity contribution in [3.05, 3.63) is 59.8 Å². The van der Waals surface area contributed by atoms with E-state index in [0.29, 0.717) is 25.5 Å². The number of carbonyl (C=O) groups excluding carboxylic acids is 1. The number of aromatic nitrogens is 4. The largest absolute Gasteiger partial charge is 0.352 e. The summed E-state index contributed by atoms with van der Waals surface area (Å²) >= 11 is 0. The highest BCUT2D eigenvalue weighted by molar-refractivity contribution is 5.80. The Labute approximate surface area is 171 Å². The summed E-state index contributed by atoms with van der Waals surface area (Å²) in [6.07, 6.45) is 13.5. The van der Waals surface area contributed by atoms with Crippen LogP contribution in [0.4, 0.5) is 0 Å². The van der Waals surface area contributed by atoms with Crippen LogP contribution in [0.1, 0.15) is 48.9 Å². The van der Waals surface area contributed by atoms with Gasteiger partial charge in [-0.25, -0.2) is 0 Å². The average molecular weight is 390 g/mol. The summed E-state index contributed by atoms with van der Waals surface area (Å²) in [6.45, 7) is 1.97. The minimum atomic E-state index is 0.180. The minimum Gasteiger partial charge on any atom is -0.352 e. The van der Waals surface area contributed by atoms with Crippen LogP contribution in [0.5, 0.6) is 0 Å². The van der Waals surface area contributed by atoms with E-state index >= 15 is 0 Å². The average Bonchev–Trinajstić information content (AvgIpc) is 3.27. The van der Waals surface area contributed by atoms with E-state index in [1.54, 1.807) is 6.20 Å². The summed E-state index contributed by atoms with van der Waals surface area (Å²) in [5, 5.41) is 4.90. The Bertz CT molecular complexity index is 1010. The number of nitrogens with zero attached hydrogens (tertiary/aromatic N) is 5. The topological polar surface area (TPSA) is 56.0 Å². The lowest BCUT2D eigenvalue weighted by molar-refractivity contribution is -0.137. The van der Waals surface area contributed by atoms with Crippen molar-refractivity contribution < 1.29 is 4.79 Å². The van der Waals surface area contributed by atoms with Crippen molar-refractivity contribution in [3.8, 4) is 11.3 Å². The van der Waals surface area contributed by atoms with Gasteiger partial charge in [0.1, 0.15) is 0 Å². The van der Waals surface area contributed by atoms with Crippen LogP contribution in [-0.2, 0) is 31.5 Å². The maximum absolute atomic E-state index is 13.3. The first-order chi connectivity index (χ1) is 14.2. The summed E-state index contributed by atoms with van der Waals surface area (Å²) in [5.41, 5.74) is 5.56. The highest BCUT2D eigenvalue weighted by Crippen LogP contribution is 2.34. The molecule has 1 aliphatic heterocycles. The third-order valence-corrected chi connectivity index (χ3v) is 6.33. The zero-order valence-corrected chi connectivity index (χ0v) is 16.9. The van der Waals surface area contributed by atoms with Gasteiger partial charge in [0.15, 0.2) is 0 Å². The fraction of sp³-hybridized carbons (Fsp3) is 0.435. The van der Waals surface area contributed by atoms with E-state index in [2.05, 4.69) is 46.0 Å². The van der Waals surface area contributed by atoms with Crippen LogP contribution in [0.25, 0.3) is 11.3 Å². The zero-order valence-electron chi connectivity index (χ0n) is 16.9. The Hall–Kier alpha value is -2.89. The molecule has 3 aromatic heterocycles. The Morgan fingerprint density at radius 3 is 2.83 bits per heavy atom. The normalized spacial score (nSPS) is 16.9. The summed E-state index contributed by atoms with van der Waals surface area (Å²) in [7, 11) is 2.06. The van der Waals surface area contributed by atoms with Gasteiger partial charge in [-0.05, 0) is 30.5 Å². The molecule has 3 aromatic rings. The minimum absolute atomic E-state index is 0.180. The van der Waals surface area contributed by atoms with Crippen LogP contribution >= 0.6 is 0 Å². The molecule has 0 unspecified atom stereocenters. The summed E-state index contributed by atoms with van der Waals surface area (Å²) < 4.78 is 4.11.